The largest absolute Gasteiger partial charge is 0.416 e. The molecular weight excluding hydrogens is 295 g/mol. The second-order valence-electron chi connectivity index (χ2n) is 5.25. The lowest BCUT2D eigenvalue weighted by Crippen LogP contribution is -2.52. The number of rotatable bonds is 3. The molecule has 2 amide bonds. The van der Waals surface area contributed by atoms with Crippen LogP contribution in [0.15, 0.2) is 24.3 Å². The van der Waals surface area contributed by atoms with Crippen molar-refractivity contribution in [1.82, 2.24) is 10.2 Å². The molecule has 0 aliphatic carbocycles. The van der Waals surface area contributed by atoms with Gasteiger partial charge < -0.3 is 15.1 Å². The molecule has 0 atom stereocenters. The number of halogens is 3. The van der Waals surface area contributed by atoms with Crippen LogP contribution in [0.5, 0.6) is 0 Å². The van der Waals surface area contributed by atoms with Gasteiger partial charge in [0.25, 0.3) is 0 Å². The van der Waals surface area contributed by atoms with Gasteiger partial charge in [-0.05, 0) is 30.7 Å². The van der Waals surface area contributed by atoms with Crippen LogP contribution in [0.4, 0.5) is 23.7 Å². The zero-order valence-electron chi connectivity index (χ0n) is 12.5. The van der Waals surface area contributed by atoms with Gasteiger partial charge in [0.15, 0.2) is 0 Å². The van der Waals surface area contributed by atoms with Crippen molar-refractivity contribution >= 4 is 11.7 Å². The summed E-state index contributed by atoms with van der Waals surface area (Å²) < 4.78 is 37.6. The molecular formula is C15H20F3N3O. The molecule has 1 aliphatic rings. The molecule has 22 heavy (non-hydrogen) atoms. The number of urea groups is 1. The fraction of sp³-hybridized carbons (Fsp3) is 0.533. The number of hydrogen-bond donors (Lipinski definition) is 1. The zero-order chi connectivity index (χ0) is 16.2. The lowest BCUT2D eigenvalue weighted by atomic mass is 10.1. The molecule has 1 aromatic carbocycles. The first-order chi connectivity index (χ1) is 10.4. The Bertz CT molecular complexity index is 494. The molecule has 1 aliphatic heterocycles. The van der Waals surface area contributed by atoms with E-state index in [4.69, 9.17) is 0 Å². The van der Waals surface area contributed by atoms with E-state index in [-0.39, 0.29) is 6.03 Å². The molecule has 1 aromatic rings. The van der Waals surface area contributed by atoms with Crippen molar-refractivity contribution in [1.29, 1.82) is 0 Å². The summed E-state index contributed by atoms with van der Waals surface area (Å²) in [6, 6.07) is 5.07. The van der Waals surface area contributed by atoms with E-state index >= 15 is 0 Å². The van der Waals surface area contributed by atoms with Gasteiger partial charge in [-0.3, -0.25) is 0 Å². The van der Waals surface area contributed by atoms with E-state index < -0.39 is 11.7 Å². The third-order valence-electron chi connectivity index (χ3n) is 3.65. The van der Waals surface area contributed by atoms with Gasteiger partial charge in [0.2, 0.25) is 0 Å². The molecule has 0 aromatic heterocycles. The lowest BCUT2D eigenvalue weighted by molar-refractivity contribution is -0.137. The van der Waals surface area contributed by atoms with Crippen molar-refractivity contribution in [2.24, 2.45) is 0 Å². The van der Waals surface area contributed by atoms with Crippen molar-refractivity contribution in [2.75, 3.05) is 37.6 Å². The summed E-state index contributed by atoms with van der Waals surface area (Å²) in [5, 5.41) is 2.82. The van der Waals surface area contributed by atoms with E-state index in [1.165, 1.54) is 12.1 Å². The number of hydrogen-bond acceptors (Lipinski definition) is 2. The van der Waals surface area contributed by atoms with E-state index in [2.05, 4.69) is 5.32 Å². The van der Waals surface area contributed by atoms with Gasteiger partial charge in [0, 0.05) is 38.4 Å². The van der Waals surface area contributed by atoms with E-state index in [0.29, 0.717) is 32.7 Å². The number of anilines is 1. The maximum atomic E-state index is 12.5. The Kier molecular flexibility index (Phi) is 5.15. The van der Waals surface area contributed by atoms with Gasteiger partial charge in [0.1, 0.15) is 0 Å². The molecule has 0 unspecified atom stereocenters. The highest BCUT2D eigenvalue weighted by Gasteiger charge is 2.30. The van der Waals surface area contributed by atoms with Crippen LogP contribution in [0.1, 0.15) is 18.9 Å². The van der Waals surface area contributed by atoms with Gasteiger partial charge in [-0.25, -0.2) is 4.79 Å². The van der Waals surface area contributed by atoms with Crippen LogP contribution in [-0.4, -0.2) is 43.7 Å². The fourth-order valence-electron chi connectivity index (χ4n) is 2.37. The second kappa shape index (κ2) is 6.89. The maximum Gasteiger partial charge on any atom is 0.416 e. The zero-order valence-corrected chi connectivity index (χ0v) is 12.5. The smallest absolute Gasteiger partial charge is 0.368 e. The number of nitrogens with zero attached hydrogens (tertiary/aromatic N) is 2. The minimum absolute atomic E-state index is 0.0751. The number of carbonyl (C=O) groups is 1. The lowest BCUT2D eigenvalue weighted by Gasteiger charge is -2.36. The molecule has 1 heterocycles. The van der Waals surface area contributed by atoms with Crippen LogP contribution < -0.4 is 10.2 Å². The average Bonchev–Trinajstić information content (AvgIpc) is 2.52. The van der Waals surface area contributed by atoms with Crippen LogP contribution in [-0.2, 0) is 6.18 Å². The number of nitrogens with one attached hydrogen (secondary N) is 1. The average molecular weight is 315 g/mol. The van der Waals surface area contributed by atoms with Gasteiger partial charge in [-0.2, -0.15) is 13.2 Å². The summed E-state index contributed by atoms with van der Waals surface area (Å²) in [5.74, 6) is 0. The quantitative estimate of drug-likeness (QED) is 0.931. The Balaban J connectivity index is 1.90. The SMILES string of the molecule is CCCNC(=O)N1CCN(c2ccc(C(F)(F)F)cc2)CC1. The van der Waals surface area contributed by atoms with Crippen molar-refractivity contribution < 1.29 is 18.0 Å². The topological polar surface area (TPSA) is 35.6 Å². The molecule has 7 heteroatoms. The van der Waals surface area contributed by atoms with Gasteiger partial charge in [-0.15, -0.1) is 0 Å². The van der Waals surface area contributed by atoms with E-state index in [0.717, 1.165) is 24.2 Å². The van der Waals surface area contributed by atoms with Crippen molar-refractivity contribution in [3.63, 3.8) is 0 Å². The summed E-state index contributed by atoms with van der Waals surface area (Å²) in [5.41, 5.74) is 0.107. The minimum atomic E-state index is -4.31. The number of benzene rings is 1. The molecule has 2 rings (SSSR count). The molecule has 0 spiro atoms. The predicted octanol–water partition coefficient (Wildman–Crippen LogP) is 2.95. The number of piperazine rings is 1. The molecule has 0 radical (unpaired) electrons. The molecule has 122 valence electrons. The number of alkyl halides is 3. The Morgan fingerprint density at radius 2 is 1.73 bits per heavy atom. The van der Waals surface area contributed by atoms with Crippen molar-refractivity contribution in [3.8, 4) is 0 Å². The highest BCUT2D eigenvalue weighted by Crippen LogP contribution is 2.30. The van der Waals surface area contributed by atoms with Crippen molar-refractivity contribution in [3.05, 3.63) is 29.8 Å². The second-order valence-corrected chi connectivity index (χ2v) is 5.25. The highest BCUT2D eigenvalue weighted by molar-refractivity contribution is 5.74. The third kappa shape index (κ3) is 4.05. The van der Waals surface area contributed by atoms with E-state index in [1.807, 2.05) is 11.8 Å². The molecule has 0 saturated carbocycles. The summed E-state index contributed by atoms with van der Waals surface area (Å²) in [4.78, 5) is 15.5. The molecule has 1 saturated heterocycles. The van der Waals surface area contributed by atoms with E-state index in [1.54, 1.807) is 4.90 Å². The van der Waals surface area contributed by atoms with Crippen LogP contribution >= 0.6 is 0 Å². The van der Waals surface area contributed by atoms with E-state index in [9.17, 15) is 18.0 Å². The summed E-state index contributed by atoms with van der Waals surface area (Å²) >= 11 is 0. The van der Waals surface area contributed by atoms with Crippen LogP contribution in [0.2, 0.25) is 0 Å². The van der Waals surface area contributed by atoms with Gasteiger partial charge in [0.05, 0.1) is 5.56 Å². The third-order valence-corrected chi connectivity index (χ3v) is 3.65. The van der Waals surface area contributed by atoms with Crippen molar-refractivity contribution in [2.45, 2.75) is 19.5 Å². The van der Waals surface area contributed by atoms with Crippen LogP contribution in [0, 0.1) is 0 Å². The molecule has 4 nitrogen and oxygen atoms in total. The standard InChI is InChI=1S/C15H20F3N3O/c1-2-7-19-14(22)21-10-8-20(9-11-21)13-5-3-12(4-6-13)15(16,17)18/h3-6H,2,7-11H2,1H3,(H,19,22). The van der Waals surface area contributed by atoms with Gasteiger partial charge in [-0.1, -0.05) is 6.92 Å². The fourth-order valence-corrected chi connectivity index (χ4v) is 2.37. The molecule has 1 N–H and O–H groups in total. The predicted molar refractivity (Wildman–Crippen MR) is 78.9 cm³/mol. The van der Waals surface area contributed by atoms with Crippen LogP contribution in [0.3, 0.4) is 0 Å². The summed E-state index contributed by atoms with van der Waals surface area (Å²) in [6.07, 6.45) is -3.42. The van der Waals surface area contributed by atoms with Crippen LogP contribution in [0.25, 0.3) is 0 Å². The van der Waals surface area contributed by atoms with Gasteiger partial charge >= 0.3 is 12.2 Å². The maximum absolute atomic E-state index is 12.5. The molecule has 1 fully saturated rings. The summed E-state index contributed by atoms with van der Waals surface area (Å²) in [7, 11) is 0. The Morgan fingerprint density at radius 3 is 2.23 bits per heavy atom. The first-order valence-electron chi connectivity index (χ1n) is 7.37. The highest BCUT2D eigenvalue weighted by atomic mass is 19.4. The molecule has 0 bridgehead atoms. The summed E-state index contributed by atoms with van der Waals surface area (Å²) in [6.45, 7) is 5.00. The first-order valence-corrected chi connectivity index (χ1v) is 7.37. The Labute approximate surface area is 127 Å². The number of amides is 2. The Hall–Kier alpha value is -1.92. The number of carbonyl (C=O) groups excluding carboxylic acids is 1. The Morgan fingerprint density at radius 1 is 1.14 bits per heavy atom. The normalized spacial score (nSPS) is 15.8. The minimum Gasteiger partial charge on any atom is -0.368 e. The first kappa shape index (κ1) is 16.5. The monoisotopic (exact) mass is 315 g/mol.